The molecule has 6 nitrogen and oxygen atoms in total. The van der Waals surface area contributed by atoms with Crippen LogP contribution in [0.3, 0.4) is 0 Å². The van der Waals surface area contributed by atoms with E-state index in [0.717, 1.165) is 6.33 Å². The van der Waals surface area contributed by atoms with E-state index in [1.165, 1.54) is 0 Å². The first-order valence-corrected chi connectivity index (χ1v) is 8.02. The van der Waals surface area contributed by atoms with Crippen LogP contribution in [0, 0.1) is 13.8 Å². The molecular weight excluding hydrogens is 335 g/mol. The Morgan fingerprint density at radius 3 is 2.29 bits per heavy atom. The molecule has 0 aliphatic carbocycles. The van der Waals surface area contributed by atoms with E-state index in [1.807, 2.05) is 0 Å². The molecule has 0 atom stereocenters. The Kier molecular flexibility index (Phi) is 4.27. The van der Waals surface area contributed by atoms with Crippen molar-refractivity contribution in [1.82, 2.24) is 9.97 Å². The van der Waals surface area contributed by atoms with Crippen LogP contribution < -0.4 is 10.5 Å². The van der Waals surface area contributed by atoms with Crippen molar-refractivity contribution in [3.05, 3.63) is 39.8 Å². The molecule has 1 heterocycles. The summed E-state index contributed by atoms with van der Waals surface area (Å²) in [5, 5.41) is -0.0939. The van der Waals surface area contributed by atoms with Gasteiger partial charge in [-0.3, -0.25) is 4.72 Å². The lowest BCUT2D eigenvalue weighted by molar-refractivity contribution is 0.600. The van der Waals surface area contributed by atoms with Gasteiger partial charge in [0.25, 0.3) is 10.0 Å². The summed E-state index contributed by atoms with van der Waals surface area (Å²) in [6.07, 6.45) is 1.12. The summed E-state index contributed by atoms with van der Waals surface area (Å²) in [5.41, 5.74) is 7.24. The quantitative estimate of drug-likeness (QED) is 0.657. The van der Waals surface area contributed by atoms with Gasteiger partial charge in [0.2, 0.25) is 0 Å². The predicted octanol–water partition coefficient (Wildman–Crippen LogP) is 2.78. The van der Waals surface area contributed by atoms with Crippen molar-refractivity contribution >= 4 is 44.7 Å². The lowest BCUT2D eigenvalue weighted by Gasteiger charge is -2.14. The molecule has 0 radical (unpaired) electrons. The Morgan fingerprint density at radius 2 is 1.71 bits per heavy atom. The lowest BCUT2D eigenvalue weighted by Crippen LogP contribution is -2.17. The summed E-state index contributed by atoms with van der Waals surface area (Å²) in [6.45, 7) is 3.32. The molecule has 0 spiro atoms. The summed E-state index contributed by atoms with van der Waals surface area (Å²) in [4.78, 5) is 7.57. The molecule has 1 aromatic heterocycles. The third-order valence-corrected chi connectivity index (χ3v) is 5.11. The molecular formula is C12H12Cl2N4O2S. The Labute approximate surface area is 132 Å². The Balaban J connectivity index is 2.51. The molecule has 0 fully saturated rings. The van der Waals surface area contributed by atoms with Gasteiger partial charge in [0, 0.05) is 5.69 Å². The number of aromatic nitrogens is 2. The summed E-state index contributed by atoms with van der Waals surface area (Å²) in [7, 11) is -3.87. The highest BCUT2D eigenvalue weighted by atomic mass is 35.5. The minimum atomic E-state index is -3.87. The molecule has 0 aliphatic heterocycles. The Morgan fingerprint density at radius 1 is 1.14 bits per heavy atom. The molecule has 1 aromatic carbocycles. The van der Waals surface area contributed by atoms with Gasteiger partial charge in [-0.25, -0.2) is 18.4 Å². The van der Waals surface area contributed by atoms with Crippen LogP contribution >= 0.6 is 23.2 Å². The fourth-order valence-corrected chi connectivity index (χ4v) is 3.82. The van der Waals surface area contributed by atoms with Crippen LogP contribution in [-0.4, -0.2) is 18.4 Å². The monoisotopic (exact) mass is 346 g/mol. The molecule has 0 bridgehead atoms. The largest absolute Gasteiger partial charge is 0.399 e. The molecule has 2 aromatic rings. The molecule has 112 valence electrons. The maximum atomic E-state index is 12.5. The van der Waals surface area contributed by atoms with E-state index in [0.29, 0.717) is 16.8 Å². The van der Waals surface area contributed by atoms with Gasteiger partial charge in [0.1, 0.15) is 11.3 Å². The van der Waals surface area contributed by atoms with Crippen molar-refractivity contribution in [2.45, 2.75) is 18.7 Å². The molecule has 9 heteroatoms. The zero-order valence-corrected chi connectivity index (χ0v) is 13.5. The van der Waals surface area contributed by atoms with Crippen molar-refractivity contribution in [2.24, 2.45) is 0 Å². The van der Waals surface area contributed by atoms with E-state index in [4.69, 9.17) is 28.9 Å². The maximum Gasteiger partial charge on any atom is 0.263 e. The number of hydrogen-bond donors (Lipinski definition) is 2. The number of nitrogens with two attached hydrogens (primary N) is 1. The third kappa shape index (κ3) is 3.20. The SMILES string of the molecule is Cc1cc(N)cc(C)c1S(=O)(=O)Nc1ncnc(Cl)c1Cl. The summed E-state index contributed by atoms with van der Waals surface area (Å²) < 4.78 is 27.3. The second-order valence-corrected chi connectivity index (χ2v) is 6.77. The molecule has 0 saturated heterocycles. The van der Waals surface area contributed by atoms with Gasteiger partial charge >= 0.3 is 0 Å². The van der Waals surface area contributed by atoms with Crippen molar-refractivity contribution in [3.8, 4) is 0 Å². The molecule has 2 rings (SSSR count). The zero-order chi connectivity index (χ0) is 15.8. The summed E-state index contributed by atoms with van der Waals surface area (Å²) >= 11 is 11.6. The molecule has 0 aliphatic rings. The number of anilines is 2. The van der Waals surface area contributed by atoms with E-state index in [1.54, 1.807) is 26.0 Å². The number of rotatable bonds is 3. The smallest absolute Gasteiger partial charge is 0.263 e. The van der Waals surface area contributed by atoms with Crippen molar-refractivity contribution in [2.75, 3.05) is 10.5 Å². The predicted molar refractivity (Wildman–Crippen MR) is 83.2 cm³/mol. The number of hydrogen-bond acceptors (Lipinski definition) is 5. The van der Waals surface area contributed by atoms with Crippen LogP contribution in [0.15, 0.2) is 23.4 Å². The molecule has 3 N–H and O–H groups in total. The highest BCUT2D eigenvalue weighted by molar-refractivity contribution is 7.92. The second kappa shape index (κ2) is 5.67. The van der Waals surface area contributed by atoms with Crippen LogP contribution in [-0.2, 0) is 10.0 Å². The van der Waals surface area contributed by atoms with E-state index in [2.05, 4.69) is 14.7 Å². The summed E-state index contributed by atoms with van der Waals surface area (Å²) in [5.74, 6) is -0.0766. The normalized spacial score (nSPS) is 11.4. The minimum absolute atomic E-state index is 0.0323. The van der Waals surface area contributed by atoms with Gasteiger partial charge in [-0.05, 0) is 37.1 Å². The van der Waals surface area contributed by atoms with Crippen LogP contribution in [0.1, 0.15) is 11.1 Å². The number of sulfonamides is 1. The third-order valence-electron chi connectivity index (χ3n) is 2.73. The standard InChI is InChI=1S/C12H12Cl2N4O2S/c1-6-3-8(15)4-7(2)10(6)21(19,20)18-12-9(13)11(14)16-5-17-12/h3-5H,15H2,1-2H3,(H,16,17,18). The number of benzene rings is 1. The molecule has 0 amide bonds. The van der Waals surface area contributed by atoms with Gasteiger partial charge in [0.05, 0.1) is 4.90 Å². The van der Waals surface area contributed by atoms with Crippen molar-refractivity contribution in [1.29, 1.82) is 0 Å². The Bertz CT molecular complexity index is 786. The second-order valence-electron chi connectivity index (χ2n) is 4.42. The van der Waals surface area contributed by atoms with Crippen molar-refractivity contribution < 1.29 is 8.42 Å². The van der Waals surface area contributed by atoms with Gasteiger partial charge in [-0.2, -0.15) is 0 Å². The number of aryl methyl sites for hydroxylation is 2. The molecule has 21 heavy (non-hydrogen) atoms. The van der Waals surface area contributed by atoms with E-state index >= 15 is 0 Å². The van der Waals surface area contributed by atoms with E-state index in [-0.39, 0.29) is 20.9 Å². The summed E-state index contributed by atoms with van der Waals surface area (Å²) in [6, 6.07) is 3.16. The topological polar surface area (TPSA) is 98.0 Å². The Hall–Kier alpha value is -1.57. The highest BCUT2D eigenvalue weighted by Crippen LogP contribution is 2.29. The highest BCUT2D eigenvalue weighted by Gasteiger charge is 2.22. The molecule has 0 saturated carbocycles. The van der Waals surface area contributed by atoms with Gasteiger partial charge in [0.15, 0.2) is 11.0 Å². The first-order chi connectivity index (χ1) is 9.72. The average Bonchev–Trinajstić information content (AvgIpc) is 2.33. The number of halogens is 2. The van der Waals surface area contributed by atoms with E-state index < -0.39 is 10.0 Å². The van der Waals surface area contributed by atoms with Gasteiger partial charge in [-0.1, -0.05) is 23.2 Å². The first kappa shape index (κ1) is 15.8. The average molecular weight is 347 g/mol. The van der Waals surface area contributed by atoms with Crippen LogP contribution in [0.2, 0.25) is 10.2 Å². The lowest BCUT2D eigenvalue weighted by atomic mass is 10.1. The van der Waals surface area contributed by atoms with Gasteiger partial charge < -0.3 is 5.73 Å². The minimum Gasteiger partial charge on any atom is -0.399 e. The zero-order valence-electron chi connectivity index (χ0n) is 11.2. The number of nitrogens with one attached hydrogen (secondary N) is 1. The molecule has 0 unspecified atom stereocenters. The van der Waals surface area contributed by atoms with Crippen LogP contribution in [0.25, 0.3) is 0 Å². The van der Waals surface area contributed by atoms with Crippen molar-refractivity contribution in [3.63, 3.8) is 0 Å². The van der Waals surface area contributed by atoms with Crippen LogP contribution in [0.5, 0.6) is 0 Å². The fourth-order valence-electron chi connectivity index (χ4n) is 2.01. The first-order valence-electron chi connectivity index (χ1n) is 5.78. The van der Waals surface area contributed by atoms with Gasteiger partial charge in [-0.15, -0.1) is 0 Å². The number of nitrogens with zero attached hydrogens (tertiary/aromatic N) is 2. The van der Waals surface area contributed by atoms with Crippen LogP contribution in [0.4, 0.5) is 11.5 Å². The number of nitrogen functional groups attached to an aromatic ring is 1. The van der Waals surface area contributed by atoms with E-state index in [9.17, 15) is 8.42 Å². The fraction of sp³-hybridized carbons (Fsp3) is 0.167. The maximum absolute atomic E-state index is 12.5.